The first-order chi connectivity index (χ1) is 21.7. The van der Waals surface area contributed by atoms with E-state index < -0.39 is 0 Å². The molecule has 0 radical (unpaired) electrons. The summed E-state index contributed by atoms with van der Waals surface area (Å²) in [6.07, 6.45) is 10.3. The molecule has 9 rings (SSSR count). The van der Waals surface area contributed by atoms with E-state index >= 15 is 0 Å². The molecule has 0 aromatic heterocycles. The molecule has 10 unspecified atom stereocenters. The van der Waals surface area contributed by atoms with Gasteiger partial charge in [-0.15, -0.1) is 0 Å². The van der Waals surface area contributed by atoms with E-state index in [0.29, 0.717) is 29.5 Å². The zero-order valence-electron chi connectivity index (χ0n) is 25.7. The van der Waals surface area contributed by atoms with Gasteiger partial charge < -0.3 is 0 Å². The second-order valence-corrected chi connectivity index (χ2v) is 15.0. The van der Waals surface area contributed by atoms with E-state index in [4.69, 9.17) is 0 Å². The van der Waals surface area contributed by atoms with Crippen LogP contribution in [0.15, 0.2) is 109 Å². The third kappa shape index (κ3) is 4.37. The van der Waals surface area contributed by atoms with Crippen LogP contribution < -0.4 is 0 Å². The van der Waals surface area contributed by atoms with Gasteiger partial charge in [-0.3, -0.25) is 4.79 Å². The fourth-order valence-corrected chi connectivity index (χ4v) is 11.6. The molecule has 5 saturated carbocycles. The molecule has 5 fully saturated rings. The van der Waals surface area contributed by atoms with Gasteiger partial charge in [0.1, 0.15) is 5.78 Å². The smallest absolute Gasteiger partial charge is 0.139 e. The van der Waals surface area contributed by atoms with Crippen molar-refractivity contribution in [2.24, 2.45) is 47.3 Å². The van der Waals surface area contributed by atoms with Gasteiger partial charge in [0.2, 0.25) is 0 Å². The monoisotopic (exact) mass is 576 g/mol. The third-order valence-electron chi connectivity index (χ3n) is 13.2. The van der Waals surface area contributed by atoms with Crippen molar-refractivity contribution in [1.82, 2.24) is 0 Å². The Morgan fingerprint density at radius 3 is 1.32 bits per heavy atom. The number of ketones is 1. The lowest BCUT2D eigenvalue weighted by Crippen LogP contribution is -2.52. The van der Waals surface area contributed by atoms with Crippen LogP contribution in [0.4, 0.5) is 0 Å². The molecular weight excluding hydrogens is 532 g/mol. The molecule has 0 heterocycles. The largest absolute Gasteiger partial charge is 0.299 e. The first-order valence-electron chi connectivity index (χ1n) is 17.6. The molecule has 4 aromatic rings. The Balaban J connectivity index is 1.06. The average Bonchev–Trinajstić information content (AvgIpc) is 3.39. The molecule has 4 aromatic carbocycles. The summed E-state index contributed by atoms with van der Waals surface area (Å²) >= 11 is 0. The van der Waals surface area contributed by atoms with Crippen molar-refractivity contribution in [3.63, 3.8) is 0 Å². The van der Waals surface area contributed by atoms with E-state index in [9.17, 15) is 4.79 Å². The number of hydrogen-bond donors (Lipinski definition) is 0. The van der Waals surface area contributed by atoms with Crippen molar-refractivity contribution < 1.29 is 4.79 Å². The Morgan fingerprint density at radius 2 is 0.864 bits per heavy atom. The van der Waals surface area contributed by atoms with Crippen molar-refractivity contribution >= 4 is 5.78 Å². The van der Waals surface area contributed by atoms with Crippen molar-refractivity contribution in [2.45, 2.75) is 63.2 Å². The standard InChI is InChI=1S/C43H44O/c44-43-39-25-33(31-17-9-15-29(21-31)27-11-3-1-4-12-27)23-37-35-19-7-8-20-36(35)38-24-34(26-40(43)42(38)41(37)39)32-18-10-16-30(22-32)28-13-5-2-6-14-28/h1-6,9-18,21-22,33-42H,7-8,19-20,23-26H2. The maximum Gasteiger partial charge on any atom is 0.139 e. The van der Waals surface area contributed by atoms with Crippen LogP contribution in [-0.2, 0) is 4.79 Å². The molecule has 0 aliphatic heterocycles. The van der Waals surface area contributed by atoms with Gasteiger partial charge in [-0.1, -0.05) is 122 Å². The third-order valence-corrected chi connectivity index (χ3v) is 13.2. The highest BCUT2D eigenvalue weighted by Crippen LogP contribution is 2.68. The predicted molar refractivity (Wildman–Crippen MR) is 179 cm³/mol. The molecular formula is C43H44O. The van der Waals surface area contributed by atoms with Crippen molar-refractivity contribution in [1.29, 1.82) is 0 Å². The summed E-state index contributed by atoms with van der Waals surface area (Å²) in [7, 11) is 0. The minimum absolute atomic E-state index is 0.272. The molecule has 5 aliphatic rings. The Bertz CT molecular complexity index is 1530. The lowest BCUT2D eigenvalue weighted by molar-refractivity contribution is -0.126. The van der Waals surface area contributed by atoms with Crippen molar-refractivity contribution in [3.05, 3.63) is 120 Å². The molecule has 1 heteroatoms. The van der Waals surface area contributed by atoms with Gasteiger partial charge in [0.25, 0.3) is 0 Å². The summed E-state index contributed by atoms with van der Waals surface area (Å²) in [4.78, 5) is 14.6. The molecule has 0 N–H and O–H groups in total. The summed E-state index contributed by atoms with van der Waals surface area (Å²) in [5.74, 6) is 6.60. The molecule has 222 valence electrons. The summed E-state index contributed by atoms with van der Waals surface area (Å²) in [5.41, 5.74) is 8.16. The molecule has 5 aliphatic carbocycles. The van der Waals surface area contributed by atoms with Crippen LogP contribution in [0.2, 0.25) is 0 Å². The number of carbonyl (C=O) groups is 1. The van der Waals surface area contributed by atoms with Crippen LogP contribution in [0.25, 0.3) is 22.3 Å². The van der Waals surface area contributed by atoms with Gasteiger partial charge in [0.05, 0.1) is 0 Å². The summed E-state index contributed by atoms with van der Waals surface area (Å²) in [6, 6.07) is 40.3. The maximum absolute atomic E-state index is 14.6. The van der Waals surface area contributed by atoms with E-state index in [1.807, 2.05) is 0 Å². The van der Waals surface area contributed by atoms with Crippen LogP contribution in [0.1, 0.15) is 74.3 Å². The molecule has 0 amide bonds. The van der Waals surface area contributed by atoms with E-state index in [1.54, 1.807) is 0 Å². The number of rotatable bonds is 4. The zero-order valence-corrected chi connectivity index (χ0v) is 25.7. The van der Waals surface area contributed by atoms with Crippen LogP contribution in [0, 0.1) is 47.3 Å². The van der Waals surface area contributed by atoms with Crippen molar-refractivity contribution in [3.8, 4) is 22.3 Å². The van der Waals surface area contributed by atoms with Gasteiger partial charge in [-0.2, -0.15) is 0 Å². The number of carbonyl (C=O) groups excluding carboxylic acids is 1. The molecule has 44 heavy (non-hydrogen) atoms. The molecule has 10 atom stereocenters. The number of Topliss-reactive ketones (excluding diaryl/α,β-unsaturated/α-hetero) is 1. The Hall–Kier alpha value is -3.45. The fourth-order valence-electron chi connectivity index (χ4n) is 11.6. The quantitative estimate of drug-likeness (QED) is 0.236. The maximum atomic E-state index is 14.6. The second-order valence-electron chi connectivity index (χ2n) is 15.0. The van der Waals surface area contributed by atoms with E-state index in [0.717, 1.165) is 36.5 Å². The minimum Gasteiger partial charge on any atom is -0.299 e. The fraction of sp³-hybridized carbons (Fsp3) is 0.419. The molecule has 0 saturated heterocycles. The van der Waals surface area contributed by atoms with Gasteiger partial charge in [0, 0.05) is 11.8 Å². The summed E-state index contributed by atoms with van der Waals surface area (Å²) in [5, 5.41) is 0. The Kier molecular flexibility index (Phi) is 6.64. The van der Waals surface area contributed by atoms with Crippen molar-refractivity contribution in [2.75, 3.05) is 0 Å². The van der Waals surface area contributed by atoms with E-state index in [1.165, 1.54) is 71.9 Å². The van der Waals surface area contributed by atoms with Crippen LogP contribution in [0.5, 0.6) is 0 Å². The zero-order chi connectivity index (χ0) is 29.2. The minimum atomic E-state index is 0.272. The van der Waals surface area contributed by atoms with E-state index in [2.05, 4.69) is 109 Å². The number of fused-ring (bicyclic) bond motifs is 3. The highest BCUT2D eigenvalue weighted by atomic mass is 16.1. The molecule has 1 nitrogen and oxygen atoms in total. The van der Waals surface area contributed by atoms with Gasteiger partial charge >= 0.3 is 0 Å². The molecule has 0 bridgehead atoms. The van der Waals surface area contributed by atoms with Crippen LogP contribution in [-0.4, -0.2) is 5.78 Å². The Morgan fingerprint density at radius 1 is 0.432 bits per heavy atom. The lowest BCUT2D eigenvalue weighted by atomic mass is 9.46. The van der Waals surface area contributed by atoms with Crippen LogP contribution in [0.3, 0.4) is 0 Å². The first-order valence-corrected chi connectivity index (χ1v) is 17.6. The SMILES string of the molecule is O=C1C2CC(c3cccc(-c4ccccc4)c3)CC3C4CCCCC4C4CC(c5cccc(-c6ccccc6)c5)CC1C4C23. The first kappa shape index (κ1) is 26.9. The second kappa shape index (κ2) is 10.9. The lowest BCUT2D eigenvalue weighted by Gasteiger charge is -2.58. The van der Waals surface area contributed by atoms with Gasteiger partial charge in [-0.05, 0) is 119 Å². The Labute approximate surface area is 263 Å². The van der Waals surface area contributed by atoms with Gasteiger partial charge in [0.15, 0.2) is 0 Å². The summed E-state index contributed by atoms with van der Waals surface area (Å²) in [6.45, 7) is 0. The average molecular weight is 577 g/mol. The van der Waals surface area contributed by atoms with Crippen LogP contribution >= 0.6 is 0 Å². The number of hydrogen-bond acceptors (Lipinski definition) is 1. The molecule has 0 spiro atoms. The predicted octanol–water partition coefficient (Wildman–Crippen LogP) is 10.6. The number of benzene rings is 4. The highest BCUT2D eigenvalue weighted by Gasteiger charge is 2.65. The summed E-state index contributed by atoms with van der Waals surface area (Å²) < 4.78 is 0. The topological polar surface area (TPSA) is 17.1 Å². The highest BCUT2D eigenvalue weighted by molar-refractivity contribution is 5.87. The van der Waals surface area contributed by atoms with E-state index in [-0.39, 0.29) is 11.8 Å². The van der Waals surface area contributed by atoms with Gasteiger partial charge in [-0.25, -0.2) is 0 Å². The normalized spacial score (nSPS) is 35.5.